The molecule has 0 saturated carbocycles. The second-order valence-corrected chi connectivity index (χ2v) is 10.0. The fraction of sp³-hybridized carbons (Fsp3) is 0.333. The van der Waals surface area contributed by atoms with Gasteiger partial charge in [-0.1, -0.05) is 30.3 Å². The van der Waals surface area contributed by atoms with Gasteiger partial charge in [0.2, 0.25) is 0 Å². The quantitative estimate of drug-likeness (QED) is 0.220. The summed E-state index contributed by atoms with van der Waals surface area (Å²) in [7, 11) is 0. The maximum absolute atomic E-state index is 12.6. The standard InChI is InChI=1S/C30H33N5O6/c31-28(32-29(37)24-11-17-39-21-24)23-6-8-25(9-7-23)35-19-26(41-30(35)38)18-34-15-13-33(14-16-34)12-10-27(36)40-20-22-4-2-1-3-5-22/h1-9,11,17,21,26H,10,12-16,18-20H2,(H2,31,32,37). The lowest BCUT2D eigenvalue weighted by Crippen LogP contribution is -2.49. The number of nitrogens with zero attached hydrogens (tertiary/aromatic N) is 3. The van der Waals surface area contributed by atoms with Gasteiger partial charge in [-0.3, -0.25) is 24.8 Å². The number of benzene rings is 2. The smallest absolute Gasteiger partial charge is 0.414 e. The van der Waals surface area contributed by atoms with E-state index < -0.39 is 12.0 Å². The van der Waals surface area contributed by atoms with Gasteiger partial charge in [0.15, 0.2) is 0 Å². The molecule has 2 aliphatic heterocycles. The summed E-state index contributed by atoms with van der Waals surface area (Å²) in [5.41, 5.74) is 2.49. The Labute approximate surface area is 238 Å². The van der Waals surface area contributed by atoms with Crippen molar-refractivity contribution in [2.75, 3.05) is 50.7 Å². The van der Waals surface area contributed by atoms with Crippen molar-refractivity contribution in [1.82, 2.24) is 15.1 Å². The molecule has 0 radical (unpaired) electrons. The fourth-order valence-corrected chi connectivity index (χ4v) is 4.83. The first-order chi connectivity index (χ1) is 19.9. The third-order valence-electron chi connectivity index (χ3n) is 7.17. The highest BCUT2D eigenvalue weighted by Gasteiger charge is 2.34. The van der Waals surface area contributed by atoms with Crippen molar-refractivity contribution in [2.24, 2.45) is 0 Å². The Morgan fingerprint density at radius 2 is 1.68 bits per heavy atom. The van der Waals surface area contributed by atoms with Crippen LogP contribution in [0, 0.1) is 5.41 Å². The van der Waals surface area contributed by atoms with Gasteiger partial charge in [0.25, 0.3) is 5.91 Å². The number of hydrogen-bond acceptors (Lipinski definition) is 9. The van der Waals surface area contributed by atoms with Gasteiger partial charge in [-0.2, -0.15) is 0 Å². The van der Waals surface area contributed by atoms with Crippen LogP contribution in [0.4, 0.5) is 10.5 Å². The number of cyclic esters (lactones) is 1. The average Bonchev–Trinajstić information content (AvgIpc) is 3.66. The largest absolute Gasteiger partial charge is 0.472 e. The van der Waals surface area contributed by atoms with Crippen LogP contribution in [-0.4, -0.2) is 85.5 Å². The first-order valence-corrected chi connectivity index (χ1v) is 13.6. The van der Waals surface area contributed by atoms with Crippen molar-refractivity contribution < 1.29 is 28.3 Å². The molecule has 0 bridgehead atoms. The summed E-state index contributed by atoms with van der Waals surface area (Å²) in [6.07, 6.45) is 2.41. The summed E-state index contributed by atoms with van der Waals surface area (Å²) in [6, 6.07) is 18.0. The van der Waals surface area contributed by atoms with Gasteiger partial charge in [0, 0.05) is 50.5 Å². The highest BCUT2D eigenvalue weighted by atomic mass is 16.6. The number of amides is 2. The van der Waals surface area contributed by atoms with Gasteiger partial charge in [-0.05, 0) is 35.9 Å². The van der Waals surface area contributed by atoms with Crippen molar-refractivity contribution in [1.29, 1.82) is 5.41 Å². The topological polar surface area (TPSA) is 128 Å². The number of anilines is 1. The van der Waals surface area contributed by atoms with Gasteiger partial charge in [0.1, 0.15) is 24.8 Å². The first kappa shape index (κ1) is 28.1. The molecule has 5 rings (SSSR count). The minimum atomic E-state index is -0.430. The number of piperazine rings is 1. The van der Waals surface area contributed by atoms with E-state index in [4.69, 9.17) is 19.3 Å². The second-order valence-electron chi connectivity index (χ2n) is 10.0. The van der Waals surface area contributed by atoms with Crippen LogP contribution in [0.2, 0.25) is 0 Å². The molecular formula is C30H33N5O6. The molecule has 11 heteroatoms. The fourth-order valence-electron chi connectivity index (χ4n) is 4.83. The Morgan fingerprint density at radius 1 is 0.951 bits per heavy atom. The highest BCUT2D eigenvalue weighted by Crippen LogP contribution is 2.23. The first-order valence-electron chi connectivity index (χ1n) is 13.6. The maximum Gasteiger partial charge on any atom is 0.414 e. The van der Waals surface area contributed by atoms with Crippen LogP contribution < -0.4 is 10.2 Å². The molecule has 2 aromatic carbocycles. The van der Waals surface area contributed by atoms with E-state index in [-0.39, 0.29) is 17.9 Å². The number of hydrogen-bond donors (Lipinski definition) is 2. The Morgan fingerprint density at radius 3 is 2.39 bits per heavy atom. The zero-order chi connectivity index (χ0) is 28.6. The van der Waals surface area contributed by atoms with Gasteiger partial charge >= 0.3 is 12.1 Å². The Balaban J connectivity index is 1.02. The lowest BCUT2D eigenvalue weighted by Gasteiger charge is -2.35. The van der Waals surface area contributed by atoms with Crippen molar-refractivity contribution in [3.05, 3.63) is 89.9 Å². The predicted molar refractivity (Wildman–Crippen MR) is 151 cm³/mol. The van der Waals surface area contributed by atoms with E-state index in [1.54, 1.807) is 29.2 Å². The van der Waals surface area contributed by atoms with Gasteiger partial charge < -0.3 is 24.1 Å². The minimum absolute atomic E-state index is 0.0483. The zero-order valence-corrected chi connectivity index (χ0v) is 22.7. The number of carbonyl (C=O) groups excluding carboxylic acids is 3. The molecule has 2 N–H and O–H groups in total. The summed E-state index contributed by atoms with van der Waals surface area (Å²) in [4.78, 5) is 43.0. The maximum atomic E-state index is 12.6. The van der Waals surface area contributed by atoms with Crippen LogP contribution in [-0.2, 0) is 20.9 Å². The summed E-state index contributed by atoms with van der Waals surface area (Å²) >= 11 is 0. The molecule has 2 aliphatic rings. The zero-order valence-electron chi connectivity index (χ0n) is 22.7. The molecule has 41 heavy (non-hydrogen) atoms. The minimum Gasteiger partial charge on any atom is -0.472 e. The van der Waals surface area contributed by atoms with Crippen LogP contribution in [0.25, 0.3) is 0 Å². The molecule has 2 saturated heterocycles. The summed E-state index contributed by atoms with van der Waals surface area (Å²) < 4.78 is 15.9. The van der Waals surface area contributed by atoms with Crippen LogP contribution in [0.3, 0.4) is 0 Å². The van der Waals surface area contributed by atoms with Crippen LogP contribution >= 0.6 is 0 Å². The number of carbonyl (C=O) groups is 3. The monoisotopic (exact) mass is 559 g/mol. The number of esters is 1. The molecule has 0 spiro atoms. The Kier molecular flexibility index (Phi) is 9.07. The van der Waals surface area contributed by atoms with E-state index in [0.717, 1.165) is 31.7 Å². The van der Waals surface area contributed by atoms with Crippen LogP contribution in [0.15, 0.2) is 77.6 Å². The molecule has 1 aromatic heterocycles. The van der Waals surface area contributed by atoms with Gasteiger partial charge in [0.05, 0.1) is 24.8 Å². The third-order valence-corrected chi connectivity index (χ3v) is 7.17. The number of amidine groups is 1. The number of furan rings is 1. The summed E-state index contributed by atoms with van der Waals surface area (Å²) in [5.74, 6) is -0.674. The lowest BCUT2D eigenvalue weighted by atomic mass is 10.1. The van der Waals surface area contributed by atoms with Crippen LogP contribution in [0.1, 0.15) is 27.9 Å². The van der Waals surface area contributed by atoms with E-state index in [9.17, 15) is 14.4 Å². The number of nitrogens with one attached hydrogen (secondary N) is 2. The predicted octanol–water partition coefficient (Wildman–Crippen LogP) is 3.11. The van der Waals surface area contributed by atoms with Gasteiger partial charge in [-0.15, -0.1) is 0 Å². The molecule has 214 valence electrons. The van der Waals surface area contributed by atoms with E-state index >= 15 is 0 Å². The average molecular weight is 560 g/mol. The summed E-state index contributed by atoms with van der Waals surface area (Å²) in [5, 5.41) is 10.7. The molecule has 11 nitrogen and oxygen atoms in total. The normalized spacial score (nSPS) is 17.7. The number of rotatable bonds is 10. The molecule has 2 fully saturated rings. The van der Waals surface area contributed by atoms with E-state index in [1.807, 2.05) is 30.3 Å². The molecule has 3 aromatic rings. The van der Waals surface area contributed by atoms with E-state index in [0.29, 0.717) is 49.5 Å². The van der Waals surface area contributed by atoms with Crippen molar-refractivity contribution >= 4 is 29.5 Å². The van der Waals surface area contributed by atoms with E-state index in [1.165, 1.54) is 18.6 Å². The lowest BCUT2D eigenvalue weighted by molar-refractivity contribution is -0.145. The highest BCUT2D eigenvalue weighted by molar-refractivity contribution is 6.11. The molecule has 2 amide bonds. The molecule has 3 heterocycles. The Bertz CT molecular complexity index is 1340. The van der Waals surface area contributed by atoms with Crippen molar-refractivity contribution in [2.45, 2.75) is 19.1 Å². The van der Waals surface area contributed by atoms with Crippen molar-refractivity contribution in [3.8, 4) is 0 Å². The van der Waals surface area contributed by atoms with Crippen molar-refractivity contribution in [3.63, 3.8) is 0 Å². The summed E-state index contributed by atoms with van der Waals surface area (Å²) in [6.45, 7) is 5.35. The van der Waals surface area contributed by atoms with E-state index in [2.05, 4.69) is 15.1 Å². The third kappa shape index (κ3) is 7.59. The molecule has 0 aliphatic carbocycles. The Hall–Kier alpha value is -4.48. The van der Waals surface area contributed by atoms with Crippen LogP contribution in [0.5, 0.6) is 0 Å². The SMILES string of the molecule is N=C(NC(=O)c1ccoc1)c1ccc(N2CC(CN3CCN(CCC(=O)OCc4ccccc4)CC3)OC2=O)cc1. The molecular weight excluding hydrogens is 526 g/mol. The second kappa shape index (κ2) is 13.2. The molecule has 1 unspecified atom stereocenters. The van der Waals surface area contributed by atoms with Gasteiger partial charge in [-0.25, -0.2) is 4.79 Å². The number of ether oxygens (including phenoxy) is 2. The molecule has 1 atom stereocenters.